The standard InChI is InChI=1S/C14H22N2.C2H5NO.C2H6.C2H4.CH4/c1-16(11-9-14-8-5-10-15-14)12-13-6-3-2-4-7-13;1-3-2-4;2*1-2;/h2-4,6-7,14-15H,5,8-12H2,1H3;2H,1H3,(H,3,4);1-2H3;1-2H2;1H4. The van der Waals surface area contributed by atoms with Gasteiger partial charge in [-0.25, -0.2) is 0 Å². The van der Waals surface area contributed by atoms with E-state index in [0.29, 0.717) is 6.41 Å². The lowest BCUT2D eigenvalue weighted by Crippen LogP contribution is -2.28. The highest BCUT2D eigenvalue weighted by molar-refractivity contribution is 5.44. The third-order valence-electron chi connectivity index (χ3n) is 3.43. The molecule has 2 rings (SSSR count). The zero-order valence-corrected chi connectivity index (χ0v) is 16.1. The second kappa shape index (κ2) is 22.4. The lowest BCUT2D eigenvalue weighted by atomic mass is 10.1. The summed E-state index contributed by atoms with van der Waals surface area (Å²) < 4.78 is 0. The van der Waals surface area contributed by atoms with E-state index in [1.54, 1.807) is 7.05 Å². The van der Waals surface area contributed by atoms with E-state index in [2.05, 4.69) is 66.1 Å². The Morgan fingerprint density at radius 3 is 2.28 bits per heavy atom. The molecule has 2 N–H and O–H groups in total. The minimum absolute atomic E-state index is 0. The van der Waals surface area contributed by atoms with Crippen molar-refractivity contribution >= 4 is 6.41 Å². The highest BCUT2D eigenvalue weighted by Crippen LogP contribution is 2.10. The van der Waals surface area contributed by atoms with Gasteiger partial charge in [0.2, 0.25) is 6.41 Å². The lowest BCUT2D eigenvalue weighted by Gasteiger charge is -2.19. The Bertz CT molecular complexity index is 365. The van der Waals surface area contributed by atoms with Crippen LogP contribution in [0.1, 0.15) is 46.1 Å². The quantitative estimate of drug-likeness (QED) is 0.599. The van der Waals surface area contributed by atoms with Crippen LogP contribution >= 0.6 is 0 Å². The van der Waals surface area contributed by atoms with E-state index in [1.807, 2.05) is 13.8 Å². The molecular formula is C21H41N3O. The average molecular weight is 352 g/mol. The molecule has 1 aromatic rings. The van der Waals surface area contributed by atoms with E-state index in [4.69, 9.17) is 4.79 Å². The second-order valence-corrected chi connectivity index (χ2v) is 5.21. The van der Waals surface area contributed by atoms with Crippen LogP contribution in [-0.4, -0.2) is 44.5 Å². The Morgan fingerprint density at radius 1 is 1.28 bits per heavy atom. The summed E-state index contributed by atoms with van der Waals surface area (Å²) in [6.45, 7) is 13.5. The van der Waals surface area contributed by atoms with Crippen molar-refractivity contribution in [3.63, 3.8) is 0 Å². The van der Waals surface area contributed by atoms with Crippen molar-refractivity contribution in [3.8, 4) is 0 Å². The highest BCUT2D eigenvalue weighted by atomic mass is 16.1. The molecule has 146 valence electrons. The van der Waals surface area contributed by atoms with Gasteiger partial charge in [-0.15, -0.1) is 13.2 Å². The number of benzene rings is 1. The SMILES string of the molecule is C.C=C.CC.CN(CCC1CCCN1)Cc1ccccc1.CNC=O. The largest absolute Gasteiger partial charge is 0.362 e. The molecule has 1 heterocycles. The second-order valence-electron chi connectivity index (χ2n) is 5.21. The molecule has 0 aliphatic carbocycles. The molecule has 1 saturated heterocycles. The number of amides is 1. The molecule has 0 saturated carbocycles. The van der Waals surface area contributed by atoms with Gasteiger partial charge in [-0.1, -0.05) is 51.6 Å². The van der Waals surface area contributed by atoms with Crippen molar-refractivity contribution in [3.05, 3.63) is 49.1 Å². The number of carbonyl (C=O) groups excluding carboxylic acids is 1. The van der Waals surface area contributed by atoms with E-state index >= 15 is 0 Å². The van der Waals surface area contributed by atoms with Crippen molar-refractivity contribution in [2.45, 2.75) is 53.1 Å². The lowest BCUT2D eigenvalue weighted by molar-refractivity contribution is -0.109. The van der Waals surface area contributed by atoms with E-state index in [-0.39, 0.29) is 7.43 Å². The Hall–Kier alpha value is -1.65. The maximum Gasteiger partial charge on any atom is 0.206 e. The Kier molecular flexibility index (Phi) is 25.2. The molecule has 1 atom stereocenters. The monoisotopic (exact) mass is 351 g/mol. The van der Waals surface area contributed by atoms with Crippen LogP contribution in [0.3, 0.4) is 0 Å². The predicted molar refractivity (Wildman–Crippen MR) is 113 cm³/mol. The van der Waals surface area contributed by atoms with Crippen LogP contribution in [0, 0.1) is 0 Å². The Morgan fingerprint density at radius 2 is 1.84 bits per heavy atom. The summed E-state index contributed by atoms with van der Waals surface area (Å²) in [7, 11) is 3.77. The minimum Gasteiger partial charge on any atom is -0.362 e. The number of nitrogens with zero attached hydrogens (tertiary/aromatic N) is 1. The van der Waals surface area contributed by atoms with Gasteiger partial charge in [0.05, 0.1) is 0 Å². The van der Waals surface area contributed by atoms with Gasteiger partial charge in [0.15, 0.2) is 0 Å². The van der Waals surface area contributed by atoms with Gasteiger partial charge >= 0.3 is 0 Å². The van der Waals surface area contributed by atoms with Crippen molar-refractivity contribution < 1.29 is 4.79 Å². The molecular weight excluding hydrogens is 310 g/mol. The van der Waals surface area contributed by atoms with Gasteiger partial charge in [-0.05, 0) is 45.0 Å². The maximum absolute atomic E-state index is 9.06. The molecule has 4 heteroatoms. The first-order valence-corrected chi connectivity index (χ1v) is 8.83. The zero-order chi connectivity index (χ0) is 18.6. The first-order valence-electron chi connectivity index (χ1n) is 8.83. The summed E-state index contributed by atoms with van der Waals surface area (Å²) in [5.41, 5.74) is 1.41. The number of nitrogens with one attached hydrogen (secondary N) is 2. The molecule has 0 bridgehead atoms. The fourth-order valence-electron chi connectivity index (χ4n) is 2.35. The van der Waals surface area contributed by atoms with Crippen LogP contribution in [0.5, 0.6) is 0 Å². The third kappa shape index (κ3) is 17.0. The topological polar surface area (TPSA) is 44.4 Å². The molecule has 1 fully saturated rings. The molecule has 4 nitrogen and oxygen atoms in total. The first kappa shape index (κ1) is 28.2. The van der Waals surface area contributed by atoms with E-state index < -0.39 is 0 Å². The average Bonchev–Trinajstić information content (AvgIpc) is 3.18. The van der Waals surface area contributed by atoms with Gasteiger partial charge < -0.3 is 15.5 Å². The fourth-order valence-corrected chi connectivity index (χ4v) is 2.35. The van der Waals surface area contributed by atoms with E-state index in [9.17, 15) is 0 Å². The Labute approximate surface area is 156 Å². The van der Waals surface area contributed by atoms with Crippen molar-refractivity contribution in [1.82, 2.24) is 15.5 Å². The number of rotatable bonds is 6. The van der Waals surface area contributed by atoms with Gasteiger partial charge in [0, 0.05) is 19.6 Å². The molecule has 0 aromatic heterocycles. The van der Waals surface area contributed by atoms with E-state index in [0.717, 1.165) is 12.6 Å². The molecule has 25 heavy (non-hydrogen) atoms. The predicted octanol–water partition coefficient (Wildman–Crippen LogP) is 4.09. The molecule has 1 aliphatic rings. The van der Waals surface area contributed by atoms with Crippen LogP contribution in [0.2, 0.25) is 0 Å². The van der Waals surface area contributed by atoms with Gasteiger partial charge in [0.25, 0.3) is 0 Å². The molecule has 0 spiro atoms. The molecule has 0 radical (unpaired) electrons. The smallest absolute Gasteiger partial charge is 0.206 e. The number of hydrogen-bond donors (Lipinski definition) is 2. The van der Waals surface area contributed by atoms with Crippen LogP contribution in [0.4, 0.5) is 0 Å². The summed E-state index contributed by atoms with van der Waals surface area (Å²) in [6, 6.07) is 11.5. The first-order chi connectivity index (χ1) is 11.8. The maximum atomic E-state index is 9.06. The summed E-state index contributed by atoms with van der Waals surface area (Å²) in [5.74, 6) is 0. The summed E-state index contributed by atoms with van der Waals surface area (Å²) >= 11 is 0. The van der Waals surface area contributed by atoms with Crippen molar-refractivity contribution in [1.29, 1.82) is 0 Å². The minimum atomic E-state index is 0. The summed E-state index contributed by atoms with van der Waals surface area (Å²) in [4.78, 5) is 11.5. The van der Waals surface area contributed by atoms with Crippen LogP contribution in [-0.2, 0) is 11.3 Å². The molecule has 1 aromatic carbocycles. The summed E-state index contributed by atoms with van der Waals surface area (Å²) in [5, 5.41) is 5.80. The zero-order valence-electron chi connectivity index (χ0n) is 16.1. The van der Waals surface area contributed by atoms with Gasteiger partial charge in [-0.3, -0.25) is 4.79 Å². The highest BCUT2D eigenvalue weighted by Gasteiger charge is 2.14. The van der Waals surface area contributed by atoms with Crippen molar-refractivity contribution in [2.24, 2.45) is 0 Å². The van der Waals surface area contributed by atoms with Crippen LogP contribution in [0.25, 0.3) is 0 Å². The Balaban J connectivity index is -0.000000466. The number of hydrogen-bond acceptors (Lipinski definition) is 3. The van der Waals surface area contributed by atoms with Crippen LogP contribution in [0.15, 0.2) is 43.5 Å². The molecule has 1 unspecified atom stereocenters. The van der Waals surface area contributed by atoms with Crippen molar-refractivity contribution in [2.75, 3.05) is 27.2 Å². The van der Waals surface area contributed by atoms with Gasteiger partial charge in [-0.2, -0.15) is 0 Å². The van der Waals surface area contributed by atoms with Crippen LogP contribution < -0.4 is 10.6 Å². The normalized spacial score (nSPS) is 14.4. The summed E-state index contributed by atoms with van der Waals surface area (Å²) in [6.07, 6.45) is 4.62. The van der Waals surface area contributed by atoms with Gasteiger partial charge in [0.1, 0.15) is 0 Å². The van der Waals surface area contributed by atoms with E-state index in [1.165, 1.54) is 37.9 Å². The third-order valence-corrected chi connectivity index (χ3v) is 3.43. The number of carbonyl (C=O) groups is 1. The fraction of sp³-hybridized carbons (Fsp3) is 0.571. The molecule has 1 aliphatic heterocycles. The molecule has 1 amide bonds.